The van der Waals surface area contributed by atoms with Crippen molar-refractivity contribution in [2.75, 3.05) is 38.6 Å². The van der Waals surface area contributed by atoms with E-state index in [1.54, 1.807) is 7.11 Å². The number of alkyl halides is 3. The normalized spacial score (nSPS) is 11.7. The Hall–Kier alpha value is -1.34. The lowest BCUT2D eigenvalue weighted by molar-refractivity contribution is 0.316. The maximum atomic E-state index is 5.99. The van der Waals surface area contributed by atoms with E-state index in [0.717, 1.165) is 30.9 Å². The van der Waals surface area contributed by atoms with Crippen LogP contribution in [0.2, 0.25) is 0 Å². The quantitative estimate of drug-likeness (QED) is 0.650. The number of methoxy groups -OCH3 is 1. The summed E-state index contributed by atoms with van der Waals surface area (Å²) in [6.07, 6.45) is 0. The molecule has 6 nitrogen and oxygen atoms in total. The molecule has 0 aliphatic rings. The molecular weight excluding hydrogens is 397 g/mol. The topological polar surface area (TPSA) is 63.2 Å². The van der Waals surface area contributed by atoms with Crippen LogP contribution in [0.15, 0.2) is 24.3 Å². The number of hydrogen-bond acceptors (Lipinski definition) is 6. The van der Waals surface area contributed by atoms with Crippen LogP contribution in [0.3, 0.4) is 0 Å². The molecule has 0 saturated heterocycles. The fourth-order valence-electron chi connectivity index (χ4n) is 2.32. The minimum absolute atomic E-state index is 0.0775. The Balaban J connectivity index is 2.27. The number of aromatic nitrogens is 3. The fourth-order valence-corrected chi connectivity index (χ4v) is 2.57. The second kappa shape index (κ2) is 9.55. The van der Waals surface area contributed by atoms with Gasteiger partial charge in [-0.05, 0) is 37.4 Å². The van der Waals surface area contributed by atoms with Crippen LogP contribution in [0.25, 0.3) is 11.4 Å². The van der Waals surface area contributed by atoms with Crippen LogP contribution >= 0.6 is 34.8 Å². The molecule has 142 valence electrons. The Morgan fingerprint density at radius 1 is 1.04 bits per heavy atom. The van der Waals surface area contributed by atoms with Crippen molar-refractivity contribution in [3.63, 3.8) is 0 Å². The Morgan fingerprint density at radius 2 is 1.69 bits per heavy atom. The fraction of sp³-hybridized carbons (Fsp3) is 0.471. The molecule has 26 heavy (non-hydrogen) atoms. The number of benzene rings is 1. The highest BCUT2D eigenvalue weighted by Crippen LogP contribution is 2.36. The maximum Gasteiger partial charge on any atom is 0.250 e. The van der Waals surface area contributed by atoms with Gasteiger partial charge in [0, 0.05) is 18.7 Å². The van der Waals surface area contributed by atoms with E-state index in [9.17, 15) is 0 Å². The lowest BCUT2D eigenvalue weighted by Crippen LogP contribution is -2.29. The van der Waals surface area contributed by atoms with Gasteiger partial charge >= 0.3 is 0 Å². The molecule has 0 amide bonds. The SMILES string of the molecule is CCN(CC)CCNc1nc(-c2ccc(OC)cc2)nc(C(Cl)(Cl)Cl)n1. The second-order valence-electron chi connectivity index (χ2n) is 5.49. The average molecular weight is 419 g/mol. The molecular formula is C17H22Cl3N5O. The highest BCUT2D eigenvalue weighted by Gasteiger charge is 2.28. The first-order chi connectivity index (χ1) is 12.4. The summed E-state index contributed by atoms with van der Waals surface area (Å²) in [5, 5.41) is 3.18. The van der Waals surface area contributed by atoms with Gasteiger partial charge in [0.1, 0.15) is 5.75 Å². The number of nitrogens with zero attached hydrogens (tertiary/aromatic N) is 4. The van der Waals surface area contributed by atoms with Gasteiger partial charge in [0.2, 0.25) is 9.74 Å². The minimum Gasteiger partial charge on any atom is -0.497 e. The van der Waals surface area contributed by atoms with Gasteiger partial charge in [-0.2, -0.15) is 9.97 Å². The van der Waals surface area contributed by atoms with Crippen LogP contribution < -0.4 is 10.1 Å². The van der Waals surface area contributed by atoms with E-state index in [2.05, 4.69) is 39.0 Å². The van der Waals surface area contributed by atoms with Crippen molar-refractivity contribution in [2.45, 2.75) is 17.6 Å². The van der Waals surface area contributed by atoms with Gasteiger partial charge in [0.15, 0.2) is 11.6 Å². The van der Waals surface area contributed by atoms with Gasteiger partial charge in [-0.1, -0.05) is 48.7 Å². The third-order valence-electron chi connectivity index (χ3n) is 3.84. The Kier molecular flexibility index (Phi) is 7.70. The molecule has 1 N–H and O–H groups in total. The van der Waals surface area contributed by atoms with Crippen molar-refractivity contribution in [2.24, 2.45) is 0 Å². The summed E-state index contributed by atoms with van der Waals surface area (Å²) < 4.78 is 3.43. The predicted octanol–water partition coefficient (Wildman–Crippen LogP) is 4.13. The number of anilines is 1. The summed E-state index contributed by atoms with van der Waals surface area (Å²) in [5.41, 5.74) is 0.774. The third-order valence-corrected chi connectivity index (χ3v) is 4.35. The third kappa shape index (κ3) is 5.84. The second-order valence-corrected chi connectivity index (χ2v) is 7.77. The lowest BCUT2D eigenvalue weighted by Gasteiger charge is -2.18. The lowest BCUT2D eigenvalue weighted by atomic mass is 10.2. The summed E-state index contributed by atoms with van der Waals surface area (Å²) in [5.74, 6) is 1.62. The number of likely N-dealkylation sites (N-methyl/N-ethyl adjacent to an activating group) is 1. The number of rotatable bonds is 8. The maximum absolute atomic E-state index is 5.99. The standard InChI is InChI=1S/C17H22Cl3N5O/c1-4-25(5-2)11-10-21-16-23-14(22-15(24-16)17(18,19)20)12-6-8-13(26-3)9-7-12/h6-9H,4-5,10-11H2,1-3H3,(H,21,22,23,24). The average Bonchev–Trinajstić information content (AvgIpc) is 2.64. The number of nitrogens with one attached hydrogen (secondary N) is 1. The monoisotopic (exact) mass is 417 g/mol. The molecule has 0 unspecified atom stereocenters. The first kappa shape index (κ1) is 21.0. The smallest absolute Gasteiger partial charge is 0.250 e. The largest absolute Gasteiger partial charge is 0.497 e. The molecule has 0 fully saturated rings. The molecule has 1 aromatic heterocycles. The highest BCUT2D eigenvalue weighted by molar-refractivity contribution is 6.66. The van der Waals surface area contributed by atoms with Gasteiger partial charge in [-0.3, -0.25) is 0 Å². The highest BCUT2D eigenvalue weighted by atomic mass is 35.6. The van der Waals surface area contributed by atoms with E-state index in [4.69, 9.17) is 39.5 Å². The summed E-state index contributed by atoms with van der Waals surface area (Å²) in [6.45, 7) is 7.73. The van der Waals surface area contributed by atoms with Crippen LogP contribution in [-0.4, -0.2) is 53.1 Å². The molecule has 9 heteroatoms. The van der Waals surface area contributed by atoms with E-state index >= 15 is 0 Å². The van der Waals surface area contributed by atoms with Crippen molar-refractivity contribution in [3.05, 3.63) is 30.1 Å². The van der Waals surface area contributed by atoms with Crippen molar-refractivity contribution < 1.29 is 4.74 Å². The molecule has 2 rings (SSSR count). The van der Waals surface area contributed by atoms with Crippen LogP contribution in [-0.2, 0) is 3.79 Å². The first-order valence-corrected chi connectivity index (χ1v) is 9.44. The van der Waals surface area contributed by atoms with Gasteiger partial charge < -0.3 is 15.0 Å². The predicted molar refractivity (Wildman–Crippen MR) is 107 cm³/mol. The first-order valence-electron chi connectivity index (χ1n) is 8.31. The molecule has 0 bridgehead atoms. The Bertz CT molecular complexity index is 703. The molecule has 1 heterocycles. The van der Waals surface area contributed by atoms with E-state index in [0.29, 0.717) is 18.3 Å². The zero-order valence-corrected chi connectivity index (χ0v) is 17.2. The molecule has 1 aromatic carbocycles. The van der Waals surface area contributed by atoms with Crippen molar-refractivity contribution in [3.8, 4) is 17.1 Å². The zero-order valence-electron chi connectivity index (χ0n) is 15.0. The molecule has 0 spiro atoms. The van der Waals surface area contributed by atoms with Gasteiger partial charge in [0.05, 0.1) is 7.11 Å². The van der Waals surface area contributed by atoms with E-state index in [1.807, 2.05) is 24.3 Å². The van der Waals surface area contributed by atoms with Gasteiger partial charge in [0.25, 0.3) is 0 Å². The number of halogens is 3. The van der Waals surface area contributed by atoms with Crippen LogP contribution in [0, 0.1) is 0 Å². The number of ether oxygens (including phenoxy) is 1. The van der Waals surface area contributed by atoms with Crippen molar-refractivity contribution in [1.29, 1.82) is 0 Å². The Labute approximate surface area is 168 Å². The molecule has 0 aliphatic carbocycles. The van der Waals surface area contributed by atoms with Gasteiger partial charge in [-0.15, -0.1) is 0 Å². The summed E-state index contributed by atoms with van der Waals surface area (Å²) in [6, 6.07) is 7.33. The minimum atomic E-state index is -1.74. The summed E-state index contributed by atoms with van der Waals surface area (Å²) in [4.78, 5) is 15.3. The van der Waals surface area contributed by atoms with Crippen LogP contribution in [0.4, 0.5) is 5.95 Å². The number of hydrogen-bond donors (Lipinski definition) is 1. The molecule has 0 radical (unpaired) electrons. The van der Waals surface area contributed by atoms with Crippen molar-refractivity contribution >= 4 is 40.8 Å². The van der Waals surface area contributed by atoms with E-state index < -0.39 is 3.79 Å². The van der Waals surface area contributed by atoms with Crippen molar-refractivity contribution in [1.82, 2.24) is 19.9 Å². The molecule has 0 aliphatic heterocycles. The molecule has 0 atom stereocenters. The zero-order chi connectivity index (χ0) is 19.2. The Morgan fingerprint density at radius 3 is 2.23 bits per heavy atom. The summed E-state index contributed by atoms with van der Waals surface area (Å²) in [7, 11) is 1.61. The summed E-state index contributed by atoms with van der Waals surface area (Å²) >= 11 is 18.0. The van der Waals surface area contributed by atoms with E-state index in [1.165, 1.54) is 0 Å². The van der Waals surface area contributed by atoms with E-state index in [-0.39, 0.29) is 5.82 Å². The van der Waals surface area contributed by atoms with Gasteiger partial charge in [-0.25, -0.2) is 4.98 Å². The molecule has 2 aromatic rings. The van der Waals surface area contributed by atoms with Crippen LogP contribution in [0.1, 0.15) is 19.7 Å². The van der Waals surface area contributed by atoms with Crippen LogP contribution in [0.5, 0.6) is 5.75 Å². The molecule has 0 saturated carbocycles.